The zero-order valence-electron chi connectivity index (χ0n) is 16.8. The van der Waals surface area contributed by atoms with Gasteiger partial charge in [0.05, 0.1) is 11.6 Å². The van der Waals surface area contributed by atoms with Crippen LogP contribution in [0.5, 0.6) is 0 Å². The molecule has 0 aliphatic rings. The SMILES string of the molecule is CC(NC(=O)c1cc([C@H](C=O)Cc2cc(F)cc(F)c2)ccc1F)c1cc(F)cc(F)c1. The largest absolute Gasteiger partial charge is 0.345 e. The third kappa shape index (κ3) is 5.57. The number of carbonyl (C=O) groups is 2. The van der Waals surface area contributed by atoms with Crippen LogP contribution < -0.4 is 5.32 Å². The van der Waals surface area contributed by atoms with Crippen LogP contribution in [0, 0.1) is 29.1 Å². The summed E-state index contributed by atoms with van der Waals surface area (Å²) in [5.41, 5.74) is 0.243. The normalized spacial score (nSPS) is 12.8. The molecule has 3 rings (SSSR count). The fraction of sp³-hybridized carbons (Fsp3) is 0.167. The fourth-order valence-corrected chi connectivity index (χ4v) is 3.36. The quantitative estimate of drug-likeness (QED) is 0.390. The molecule has 0 heterocycles. The monoisotopic (exact) mass is 447 g/mol. The molecule has 3 aromatic rings. The Kier molecular flexibility index (Phi) is 7.02. The lowest BCUT2D eigenvalue weighted by atomic mass is 9.91. The topological polar surface area (TPSA) is 46.2 Å². The molecule has 8 heteroatoms. The molecule has 32 heavy (non-hydrogen) atoms. The van der Waals surface area contributed by atoms with E-state index in [0.29, 0.717) is 18.4 Å². The molecule has 3 aromatic carbocycles. The fourth-order valence-electron chi connectivity index (χ4n) is 3.36. The number of aldehydes is 1. The lowest BCUT2D eigenvalue weighted by molar-refractivity contribution is -0.109. The summed E-state index contributed by atoms with van der Waals surface area (Å²) >= 11 is 0. The molecule has 3 nitrogen and oxygen atoms in total. The van der Waals surface area contributed by atoms with Gasteiger partial charge in [0.2, 0.25) is 0 Å². The number of nitrogens with one attached hydrogen (secondary N) is 1. The van der Waals surface area contributed by atoms with E-state index in [1.165, 1.54) is 13.0 Å². The highest BCUT2D eigenvalue weighted by atomic mass is 19.1. The van der Waals surface area contributed by atoms with Crippen LogP contribution in [0.15, 0.2) is 54.6 Å². The molecule has 0 aliphatic heterocycles. The van der Waals surface area contributed by atoms with Gasteiger partial charge in [-0.1, -0.05) is 6.07 Å². The molecule has 2 atom stereocenters. The van der Waals surface area contributed by atoms with Crippen molar-refractivity contribution in [2.24, 2.45) is 0 Å². The van der Waals surface area contributed by atoms with Gasteiger partial charge < -0.3 is 10.1 Å². The Balaban J connectivity index is 1.83. The highest BCUT2D eigenvalue weighted by molar-refractivity contribution is 5.95. The molecule has 0 spiro atoms. The first-order chi connectivity index (χ1) is 15.2. The van der Waals surface area contributed by atoms with Gasteiger partial charge in [0.15, 0.2) is 0 Å². The van der Waals surface area contributed by atoms with Gasteiger partial charge >= 0.3 is 0 Å². The summed E-state index contributed by atoms with van der Waals surface area (Å²) in [6, 6.07) is 8.25. The van der Waals surface area contributed by atoms with Crippen LogP contribution in [0.25, 0.3) is 0 Å². The maximum Gasteiger partial charge on any atom is 0.254 e. The van der Waals surface area contributed by atoms with Gasteiger partial charge in [0.25, 0.3) is 5.91 Å². The summed E-state index contributed by atoms with van der Waals surface area (Å²) in [4.78, 5) is 24.2. The van der Waals surface area contributed by atoms with E-state index >= 15 is 0 Å². The zero-order chi connectivity index (χ0) is 23.4. The van der Waals surface area contributed by atoms with Gasteiger partial charge in [-0.2, -0.15) is 0 Å². The van der Waals surface area contributed by atoms with Crippen molar-refractivity contribution in [3.05, 3.63) is 106 Å². The van der Waals surface area contributed by atoms with E-state index in [0.717, 1.165) is 36.4 Å². The van der Waals surface area contributed by atoms with Crippen LogP contribution in [0.1, 0.15) is 45.9 Å². The summed E-state index contributed by atoms with van der Waals surface area (Å²) in [5, 5.41) is 2.46. The maximum atomic E-state index is 14.3. The smallest absolute Gasteiger partial charge is 0.254 e. The number of halogens is 5. The second kappa shape index (κ2) is 9.72. The lowest BCUT2D eigenvalue weighted by Crippen LogP contribution is -2.28. The third-order valence-electron chi connectivity index (χ3n) is 4.94. The first-order valence-electron chi connectivity index (χ1n) is 9.63. The van der Waals surface area contributed by atoms with Crippen molar-refractivity contribution in [2.75, 3.05) is 0 Å². The Morgan fingerprint density at radius 3 is 1.97 bits per heavy atom. The van der Waals surface area contributed by atoms with Crippen LogP contribution >= 0.6 is 0 Å². The van der Waals surface area contributed by atoms with Crippen LogP contribution in [-0.4, -0.2) is 12.2 Å². The van der Waals surface area contributed by atoms with E-state index in [1.54, 1.807) is 0 Å². The van der Waals surface area contributed by atoms with E-state index in [1.807, 2.05) is 0 Å². The van der Waals surface area contributed by atoms with E-state index in [4.69, 9.17) is 0 Å². The van der Waals surface area contributed by atoms with Crippen molar-refractivity contribution in [1.29, 1.82) is 0 Å². The van der Waals surface area contributed by atoms with Crippen molar-refractivity contribution >= 4 is 12.2 Å². The number of carbonyl (C=O) groups excluding carboxylic acids is 2. The van der Waals surface area contributed by atoms with Gasteiger partial charge in [-0.15, -0.1) is 0 Å². The van der Waals surface area contributed by atoms with Crippen LogP contribution in [0.3, 0.4) is 0 Å². The molecule has 1 amide bonds. The Hall–Kier alpha value is -3.55. The zero-order valence-corrected chi connectivity index (χ0v) is 16.8. The predicted octanol–water partition coefficient (Wildman–Crippen LogP) is 5.40. The molecule has 0 saturated heterocycles. The highest BCUT2D eigenvalue weighted by Gasteiger charge is 2.20. The summed E-state index contributed by atoms with van der Waals surface area (Å²) in [6.07, 6.45) is 0.472. The van der Waals surface area contributed by atoms with Gasteiger partial charge in [-0.3, -0.25) is 4.79 Å². The molecule has 0 saturated carbocycles. The lowest BCUT2D eigenvalue weighted by Gasteiger charge is -2.17. The van der Waals surface area contributed by atoms with Crippen molar-refractivity contribution in [1.82, 2.24) is 5.32 Å². The van der Waals surface area contributed by atoms with Crippen LogP contribution in [0.4, 0.5) is 22.0 Å². The molecular weight excluding hydrogens is 429 g/mol. The molecular formula is C24H18F5NO2. The summed E-state index contributed by atoms with van der Waals surface area (Å²) < 4.78 is 68.1. The first-order valence-corrected chi connectivity index (χ1v) is 9.63. The molecule has 0 aliphatic carbocycles. The second-order valence-electron chi connectivity index (χ2n) is 7.36. The number of hydrogen-bond donors (Lipinski definition) is 1. The minimum absolute atomic E-state index is 0.0656. The third-order valence-corrected chi connectivity index (χ3v) is 4.94. The van der Waals surface area contributed by atoms with Crippen LogP contribution in [0.2, 0.25) is 0 Å². The molecule has 166 valence electrons. The molecule has 0 radical (unpaired) electrons. The first kappa shape index (κ1) is 23.1. The minimum atomic E-state index is -0.891. The van der Waals surface area contributed by atoms with Gasteiger partial charge in [-0.25, -0.2) is 22.0 Å². The average molecular weight is 447 g/mol. The number of amides is 1. The Bertz CT molecular complexity index is 1120. The van der Waals surface area contributed by atoms with Crippen LogP contribution in [-0.2, 0) is 11.2 Å². The van der Waals surface area contributed by atoms with Gasteiger partial charge in [0.1, 0.15) is 35.4 Å². The Morgan fingerprint density at radius 2 is 1.41 bits per heavy atom. The molecule has 0 aromatic heterocycles. The molecule has 0 bridgehead atoms. The van der Waals surface area contributed by atoms with E-state index in [2.05, 4.69) is 5.32 Å². The molecule has 0 fully saturated rings. The van der Waals surface area contributed by atoms with Gasteiger partial charge in [0, 0.05) is 18.1 Å². The number of benzene rings is 3. The van der Waals surface area contributed by atoms with Crippen molar-refractivity contribution < 1.29 is 31.5 Å². The Labute approximate surface area is 180 Å². The minimum Gasteiger partial charge on any atom is -0.345 e. The predicted molar refractivity (Wildman–Crippen MR) is 108 cm³/mol. The summed E-state index contributed by atoms with van der Waals surface area (Å²) in [5.74, 6) is -5.86. The van der Waals surface area contributed by atoms with E-state index < -0.39 is 47.0 Å². The second-order valence-corrected chi connectivity index (χ2v) is 7.36. The Morgan fingerprint density at radius 1 is 0.844 bits per heavy atom. The number of hydrogen-bond acceptors (Lipinski definition) is 2. The highest BCUT2D eigenvalue weighted by Crippen LogP contribution is 2.24. The van der Waals surface area contributed by atoms with Crippen molar-refractivity contribution in [2.45, 2.75) is 25.3 Å². The van der Waals surface area contributed by atoms with Crippen molar-refractivity contribution in [3.8, 4) is 0 Å². The summed E-state index contributed by atoms with van der Waals surface area (Å²) in [6.45, 7) is 1.47. The standard InChI is InChI=1S/C24H18F5NO2/c1-13(16-7-20(27)11-21(28)8-16)30-24(32)22-9-15(2-3-23(22)29)17(12-31)4-14-5-18(25)10-19(26)6-14/h2-3,5-13,17H,4H2,1H3,(H,30,32)/t13?,17-/m0/s1. The van der Waals surface area contributed by atoms with E-state index in [9.17, 15) is 31.5 Å². The van der Waals surface area contributed by atoms with Crippen molar-refractivity contribution in [3.63, 3.8) is 0 Å². The van der Waals surface area contributed by atoms with E-state index in [-0.39, 0.29) is 28.7 Å². The summed E-state index contributed by atoms with van der Waals surface area (Å²) in [7, 11) is 0. The molecule has 1 unspecified atom stereocenters. The molecule has 1 N–H and O–H groups in total. The average Bonchev–Trinajstić information content (AvgIpc) is 2.71. The van der Waals surface area contributed by atoms with Gasteiger partial charge in [-0.05, 0) is 66.4 Å². The maximum absolute atomic E-state index is 14.3. The number of rotatable bonds is 7.